The summed E-state index contributed by atoms with van der Waals surface area (Å²) in [4.78, 5) is 11.2. The van der Waals surface area contributed by atoms with E-state index in [-0.39, 0.29) is 18.0 Å². The van der Waals surface area contributed by atoms with E-state index < -0.39 is 0 Å². The maximum atomic E-state index is 11.2. The van der Waals surface area contributed by atoms with Crippen LogP contribution >= 0.6 is 0 Å². The number of esters is 1. The van der Waals surface area contributed by atoms with Crippen molar-refractivity contribution in [2.24, 2.45) is 5.92 Å². The molecule has 0 saturated heterocycles. The van der Waals surface area contributed by atoms with Gasteiger partial charge in [0.15, 0.2) is 0 Å². The lowest BCUT2D eigenvalue weighted by molar-refractivity contribution is -0.150. The van der Waals surface area contributed by atoms with Crippen molar-refractivity contribution >= 4 is 5.97 Å². The molecule has 0 aromatic heterocycles. The molecule has 0 amide bonds. The zero-order valence-corrected chi connectivity index (χ0v) is 7.96. The van der Waals surface area contributed by atoms with E-state index in [1.54, 1.807) is 0 Å². The van der Waals surface area contributed by atoms with Crippen LogP contribution in [-0.2, 0) is 9.53 Å². The third-order valence-corrected chi connectivity index (χ3v) is 2.03. The van der Waals surface area contributed by atoms with Crippen LogP contribution in [0.5, 0.6) is 0 Å². The van der Waals surface area contributed by atoms with Gasteiger partial charge in [-0.1, -0.05) is 19.4 Å². The first-order valence-electron chi connectivity index (χ1n) is 4.47. The Morgan fingerprint density at radius 3 is 2.75 bits per heavy atom. The molecule has 0 bridgehead atoms. The molecule has 2 heteroatoms. The second-order valence-corrected chi connectivity index (χ2v) is 3.68. The normalized spacial score (nSPS) is 22.7. The minimum Gasteiger partial charge on any atom is -0.458 e. The Morgan fingerprint density at radius 2 is 2.33 bits per heavy atom. The molecule has 0 heterocycles. The summed E-state index contributed by atoms with van der Waals surface area (Å²) in [6, 6.07) is 0. The first-order chi connectivity index (χ1) is 5.59. The molecule has 0 radical (unpaired) electrons. The topological polar surface area (TPSA) is 26.3 Å². The Morgan fingerprint density at radius 1 is 1.67 bits per heavy atom. The van der Waals surface area contributed by atoms with Gasteiger partial charge in [-0.05, 0) is 25.8 Å². The van der Waals surface area contributed by atoms with Gasteiger partial charge in [-0.15, -0.1) is 0 Å². The van der Waals surface area contributed by atoms with Crippen molar-refractivity contribution in [3.63, 3.8) is 0 Å². The summed E-state index contributed by atoms with van der Waals surface area (Å²) in [6.07, 6.45) is 4.11. The van der Waals surface area contributed by atoms with E-state index in [9.17, 15) is 4.79 Å². The molecule has 1 aliphatic carbocycles. The molecular formula is C10H16O2. The third-order valence-electron chi connectivity index (χ3n) is 2.03. The summed E-state index contributed by atoms with van der Waals surface area (Å²) in [5.74, 6) is -0.106. The zero-order valence-electron chi connectivity index (χ0n) is 7.96. The molecule has 1 unspecified atom stereocenters. The zero-order chi connectivity index (χ0) is 9.14. The van der Waals surface area contributed by atoms with Crippen LogP contribution in [0.4, 0.5) is 0 Å². The average molecular weight is 168 g/mol. The second kappa shape index (κ2) is 3.74. The van der Waals surface area contributed by atoms with E-state index in [1.165, 1.54) is 5.57 Å². The van der Waals surface area contributed by atoms with Gasteiger partial charge >= 0.3 is 5.97 Å². The Balaban J connectivity index is 2.38. The minimum atomic E-state index is -0.0917. The van der Waals surface area contributed by atoms with Gasteiger partial charge in [0, 0.05) is 0 Å². The molecule has 0 aromatic rings. The summed E-state index contributed by atoms with van der Waals surface area (Å²) in [5, 5.41) is 0. The standard InChI is InChI=1S/C10H16O2/c1-7(2)10(11)12-9-5-4-8(3)6-9/h6-7,9H,4-5H2,1-3H3. The van der Waals surface area contributed by atoms with Crippen molar-refractivity contribution in [3.8, 4) is 0 Å². The molecule has 0 aliphatic heterocycles. The number of carbonyl (C=O) groups excluding carboxylic acids is 1. The smallest absolute Gasteiger partial charge is 0.308 e. The summed E-state index contributed by atoms with van der Waals surface area (Å²) in [6.45, 7) is 5.78. The van der Waals surface area contributed by atoms with Crippen LogP contribution in [0.3, 0.4) is 0 Å². The number of carbonyl (C=O) groups is 1. The van der Waals surface area contributed by atoms with E-state index in [0.29, 0.717) is 0 Å². The molecule has 0 fully saturated rings. The molecular weight excluding hydrogens is 152 g/mol. The largest absolute Gasteiger partial charge is 0.458 e. The van der Waals surface area contributed by atoms with Crippen LogP contribution in [0.2, 0.25) is 0 Å². The van der Waals surface area contributed by atoms with E-state index in [0.717, 1.165) is 12.8 Å². The third kappa shape index (κ3) is 2.36. The maximum absolute atomic E-state index is 11.2. The van der Waals surface area contributed by atoms with Gasteiger partial charge in [0.1, 0.15) is 6.10 Å². The number of hydrogen-bond acceptors (Lipinski definition) is 2. The molecule has 1 aliphatic rings. The highest BCUT2D eigenvalue weighted by Crippen LogP contribution is 2.20. The number of allylic oxidation sites excluding steroid dienone is 1. The lowest BCUT2D eigenvalue weighted by Gasteiger charge is -2.11. The molecule has 0 aromatic carbocycles. The summed E-state index contributed by atoms with van der Waals surface area (Å²) >= 11 is 0. The van der Waals surface area contributed by atoms with Gasteiger partial charge in [0.25, 0.3) is 0 Å². The van der Waals surface area contributed by atoms with Crippen LogP contribution in [0.25, 0.3) is 0 Å². The summed E-state index contributed by atoms with van der Waals surface area (Å²) in [5.41, 5.74) is 1.33. The van der Waals surface area contributed by atoms with E-state index in [2.05, 4.69) is 6.92 Å². The molecule has 1 rings (SSSR count). The molecule has 1 atom stereocenters. The van der Waals surface area contributed by atoms with E-state index >= 15 is 0 Å². The van der Waals surface area contributed by atoms with Crippen molar-refractivity contribution in [3.05, 3.63) is 11.6 Å². The van der Waals surface area contributed by atoms with Crippen molar-refractivity contribution < 1.29 is 9.53 Å². The highest BCUT2D eigenvalue weighted by molar-refractivity contribution is 5.71. The first kappa shape index (κ1) is 9.30. The lowest BCUT2D eigenvalue weighted by atomic mass is 10.2. The predicted octanol–water partition coefficient (Wildman–Crippen LogP) is 2.29. The Kier molecular flexibility index (Phi) is 2.90. The number of hydrogen-bond donors (Lipinski definition) is 0. The van der Waals surface area contributed by atoms with Gasteiger partial charge in [-0.3, -0.25) is 4.79 Å². The molecule has 12 heavy (non-hydrogen) atoms. The van der Waals surface area contributed by atoms with Gasteiger partial charge in [0.2, 0.25) is 0 Å². The van der Waals surface area contributed by atoms with Gasteiger partial charge in [0.05, 0.1) is 5.92 Å². The fourth-order valence-corrected chi connectivity index (χ4v) is 1.23. The highest BCUT2D eigenvalue weighted by Gasteiger charge is 2.18. The van der Waals surface area contributed by atoms with E-state index in [1.807, 2.05) is 19.9 Å². The Bertz CT molecular complexity index is 204. The van der Waals surface area contributed by atoms with Gasteiger partial charge in [-0.25, -0.2) is 0 Å². The minimum absolute atomic E-state index is 0.0145. The molecule has 0 N–H and O–H groups in total. The first-order valence-corrected chi connectivity index (χ1v) is 4.47. The van der Waals surface area contributed by atoms with Crippen LogP contribution < -0.4 is 0 Å². The lowest BCUT2D eigenvalue weighted by Crippen LogP contribution is -2.18. The van der Waals surface area contributed by atoms with Crippen LogP contribution in [0.1, 0.15) is 33.6 Å². The molecule has 0 saturated carbocycles. The fourth-order valence-electron chi connectivity index (χ4n) is 1.23. The van der Waals surface area contributed by atoms with Crippen molar-refractivity contribution in [2.45, 2.75) is 39.7 Å². The maximum Gasteiger partial charge on any atom is 0.308 e. The highest BCUT2D eigenvalue weighted by atomic mass is 16.5. The predicted molar refractivity (Wildman–Crippen MR) is 47.7 cm³/mol. The van der Waals surface area contributed by atoms with Gasteiger partial charge in [-0.2, -0.15) is 0 Å². The van der Waals surface area contributed by atoms with Crippen molar-refractivity contribution in [1.82, 2.24) is 0 Å². The SMILES string of the molecule is CC1=CC(OC(=O)C(C)C)CC1. The van der Waals surface area contributed by atoms with Crippen LogP contribution in [0, 0.1) is 5.92 Å². The van der Waals surface area contributed by atoms with Crippen LogP contribution in [0.15, 0.2) is 11.6 Å². The average Bonchev–Trinajstić information content (AvgIpc) is 2.35. The Hall–Kier alpha value is -0.790. The summed E-state index contributed by atoms with van der Waals surface area (Å²) < 4.78 is 5.23. The molecule has 68 valence electrons. The quantitative estimate of drug-likeness (QED) is 0.467. The monoisotopic (exact) mass is 168 g/mol. The summed E-state index contributed by atoms with van der Waals surface area (Å²) in [7, 11) is 0. The number of ether oxygens (including phenoxy) is 1. The molecule has 0 spiro atoms. The molecule has 2 nitrogen and oxygen atoms in total. The Labute approximate surface area is 73.6 Å². The second-order valence-electron chi connectivity index (χ2n) is 3.68. The number of rotatable bonds is 2. The van der Waals surface area contributed by atoms with Gasteiger partial charge < -0.3 is 4.74 Å². The van der Waals surface area contributed by atoms with Crippen molar-refractivity contribution in [1.29, 1.82) is 0 Å². The van der Waals surface area contributed by atoms with Crippen molar-refractivity contribution in [2.75, 3.05) is 0 Å². The van der Waals surface area contributed by atoms with Crippen LogP contribution in [-0.4, -0.2) is 12.1 Å². The fraction of sp³-hybridized carbons (Fsp3) is 0.700. The van der Waals surface area contributed by atoms with E-state index in [4.69, 9.17) is 4.74 Å².